The van der Waals surface area contributed by atoms with Gasteiger partial charge in [0, 0.05) is 11.8 Å². The summed E-state index contributed by atoms with van der Waals surface area (Å²) in [6, 6.07) is 6.23. The minimum Gasteiger partial charge on any atom is -0.493 e. The van der Waals surface area contributed by atoms with E-state index in [1.807, 2.05) is 13.8 Å². The van der Waals surface area contributed by atoms with E-state index in [-0.39, 0.29) is 18.9 Å². The molecule has 3 rings (SSSR count). The highest BCUT2D eigenvalue weighted by Crippen LogP contribution is 2.36. The number of hydrogen-bond donors (Lipinski definition) is 2. The molecule has 1 unspecified atom stereocenters. The van der Waals surface area contributed by atoms with Gasteiger partial charge in [-0.15, -0.1) is 0 Å². The number of carboxylic acid groups (broad SMARTS) is 1. The molecule has 2 heterocycles. The Balaban J connectivity index is 1.77. The number of aliphatic carboxylic acids is 1. The van der Waals surface area contributed by atoms with Crippen LogP contribution in [0, 0.1) is 0 Å². The molecule has 0 fully saturated rings. The van der Waals surface area contributed by atoms with Gasteiger partial charge >= 0.3 is 12.1 Å². The SMILES string of the molecule is CCC(C)c1cc(C(F)(F)F)cnc1-c1[nH]ncc1CCCOc1c(CC(=O)O)cccc1OC. The van der Waals surface area contributed by atoms with Gasteiger partial charge in [0.1, 0.15) is 0 Å². The highest BCUT2D eigenvalue weighted by atomic mass is 19.4. The predicted octanol–water partition coefficient (Wildman–Crippen LogP) is 5.65. The average Bonchev–Trinajstić information content (AvgIpc) is 3.28. The van der Waals surface area contributed by atoms with E-state index in [1.54, 1.807) is 24.4 Å². The first-order valence-corrected chi connectivity index (χ1v) is 11.3. The Bertz CT molecular complexity index is 1160. The first-order chi connectivity index (χ1) is 16.7. The Labute approximate surface area is 201 Å². The van der Waals surface area contributed by atoms with Gasteiger partial charge in [0.25, 0.3) is 0 Å². The molecule has 0 bridgehead atoms. The number of ether oxygens (including phenoxy) is 2. The van der Waals surface area contributed by atoms with Gasteiger partial charge in [0.2, 0.25) is 0 Å². The number of alkyl halides is 3. The van der Waals surface area contributed by atoms with E-state index in [2.05, 4.69) is 15.2 Å². The van der Waals surface area contributed by atoms with Gasteiger partial charge in [-0.05, 0) is 48.4 Å². The lowest BCUT2D eigenvalue weighted by Crippen LogP contribution is -2.09. The van der Waals surface area contributed by atoms with Crippen LogP contribution in [0.25, 0.3) is 11.4 Å². The Morgan fingerprint density at radius 1 is 1.23 bits per heavy atom. The number of carbonyl (C=O) groups is 1. The van der Waals surface area contributed by atoms with Crippen LogP contribution >= 0.6 is 0 Å². The second-order valence-corrected chi connectivity index (χ2v) is 8.21. The van der Waals surface area contributed by atoms with Crippen molar-refractivity contribution in [1.82, 2.24) is 15.2 Å². The van der Waals surface area contributed by atoms with E-state index in [0.717, 1.165) is 17.8 Å². The fourth-order valence-corrected chi connectivity index (χ4v) is 3.77. The number of pyridine rings is 1. The molecule has 188 valence electrons. The first-order valence-electron chi connectivity index (χ1n) is 11.3. The molecule has 0 spiro atoms. The van der Waals surface area contributed by atoms with Crippen LogP contribution in [0.5, 0.6) is 11.5 Å². The zero-order valence-electron chi connectivity index (χ0n) is 19.8. The second-order valence-electron chi connectivity index (χ2n) is 8.21. The lowest BCUT2D eigenvalue weighted by atomic mass is 9.93. The van der Waals surface area contributed by atoms with Gasteiger partial charge in [0.15, 0.2) is 11.5 Å². The van der Waals surface area contributed by atoms with E-state index in [0.29, 0.717) is 53.3 Å². The van der Waals surface area contributed by atoms with E-state index in [1.165, 1.54) is 7.11 Å². The van der Waals surface area contributed by atoms with Crippen molar-refractivity contribution >= 4 is 5.97 Å². The van der Waals surface area contributed by atoms with Crippen LogP contribution < -0.4 is 9.47 Å². The van der Waals surface area contributed by atoms with Crippen LogP contribution in [0.4, 0.5) is 13.2 Å². The Morgan fingerprint density at radius 3 is 2.66 bits per heavy atom. The van der Waals surface area contributed by atoms with Crippen molar-refractivity contribution in [2.75, 3.05) is 13.7 Å². The maximum atomic E-state index is 13.3. The second kappa shape index (κ2) is 11.2. The molecule has 1 aromatic carbocycles. The number of halogens is 3. The molecular weight excluding hydrogens is 463 g/mol. The highest BCUT2D eigenvalue weighted by Gasteiger charge is 2.32. The minimum absolute atomic E-state index is 0.127. The van der Waals surface area contributed by atoms with Crippen LogP contribution in [0.15, 0.2) is 36.7 Å². The summed E-state index contributed by atoms with van der Waals surface area (Å²) >= 11 is 0. The van der Waals surface area contributed by atoms with E-state index in [9.17, 15) is 18.0 Å². The van der Waals surface area contributed by atoms with Gasteiger partial charge in [0.05, 0.1) is 43.3 Å². The van der Waals surface area contributed by atoms with Gasteiger partial charge in [-0.25, -0.2) is 0 Å². The number of benzene rings is 1. The maximum absolute atomic E-state index is 13.3. The number of aromatic amines is 1. The molecule has 0 aliphatic carbocycles. The standard InChI is InChI=1S/C25H28F3N3O4/c1-4-15(2)19-12-18(25(26,27)28)14-29-23(19)22-17(13-30-31-22)8-6-10-35-24-16(11-21(32)33)7-5-9-20(24)34-3/h5,7,9,12-15H,4,6,8,10-11H2,1-3H3,(H,30,31)(H,32,33). The largest absolute Gasteiger partial charge is 0.493 e. The summed E-state index contributed by atoms with van der Waals surface area (Å²) in [7, 11) is 1.48. The van der Waals surface area contributed by atoms with E-state index < -0.39 is 17.7 Å². The average molecular weight is 492 g/mol. The summed E-state index contributed by atoms with van der Waals surface area (Å²) in [5.41, 5.74) is 2.08. The fraction of sp³-hybridized carbons (Fsp3) is 0.400. The summed E-state index contributed by atoms with van der Waals surface area (Å²) in [5, 5.41) is 16.1. The van der Waals surface area contributed by atoms with Crippen LogP contribution in [0.1, 0.15) is 54.9 Å². The molecular formula is C25H28F3N3O4. The summed E-state index contributed by atoms with van der Waals surface area (Å²) in [5.74, 6) is -0.280. The van der Waals surface area contributed by atoms with Crippen molar-refractivity contribution < 1.29 is 32.5 Å². The molecule has 0 radical (unpaired) electrons. The number of aromatic nitrogens is 3. The molecule has 0 saturated heterocycles. The Hall–Kier alpha value is -3.56. The molecule has 0 amide bonds. The topological polar surface area (TPSA) is 97.3 Å². The molecule has 0 aliphatic rings. The summed E-state index contributed by atoms with van der Waals surface area (Å²) in [4.78, 5) is 15.3. The minimum atomic E-state index is -4.47. The van der Waals surface area contributed by atoms with Crippen LogP contribution in [0.2, 0.25) is 0 Å². The molecule has 3 aromatic rings. The van der Waals surface area contributed by atoms with Crippen molar-refractivity contribution in [2.45, 2.75) is 51.6 Å². The smallest absolute Gasteiger partial charge is 0.417 e. The van der Waals surface area contributed by atoms with E-state index in [4.69, 9.17) is 14.6 Å². The third-order valence-corrected chi connectivity index (χ3v) is 5.80. The van der Waals surface area contributed by atoms with Gasteiger partial charge in [-0.1, -0.05) is 26.0 Å². The molecule has 2 N–H and O–H groups in total. The molecule has 0 saturated carbocycles. The number of carboxylic acids is 1. The lowest BCUT2D eigenvalue weighted by molar-refractivity contribution is -0.138. The zero-order chi connectivity index (χ0) is 25.6. The van der Waals surface area contributed by atoms with Crippen LogP contribution in [0.3, 0.4) is 0 Å². The fourth-order valence-electron chi connectivity index (χ4n) is 3.77. The molecule has 10 heteroatoms. The highest BCUT2D eigenvalue weighted by molar-refractivity contribution is 5.72. The Kier molecular flexibility index (Phi) is 8.37. The van der Waals surface area contributed by atoms with Crippen molar-refractivity contribution in [3.63, 3.8) is 0 Å². The maximum Gasteiger partial charge on any atom is 0.417 e. The monoisotopic (exact) mass is 491 g/mol. The molecule has 1 atom stereocenters. The number of nitrogens with one attached hydrogen (secondary N) is 1. The predicted molar refractivity (Wildman–Crippen MR) is 124 cm³/mol. The number of hydrogen-bond acceptors (Lipinski definition) is 5. The summed E-state index contributed by atoms with van der Waals surface area (Å²) in [6.45, 7) is 4.05. The molecule has 2 aromatic heterocycles. The van der Waals surface area contributed by atoms with Crippen molar-refractivity contribution in [2.24, 2.45) is 0 Å². The van der Waals surface area contributed by atoms with Gasteiger partial charge < -0.3 is 14.6 Å². The van der Waals surface area contributed by atoms with Gasteiger partial charge in [-0.3, -0.25) is 14.9 Å². The number of methoxy groups -OCH3 is 1. The normalized spacial score (nSPS) is 12.4. The molecule has 0 aliphatic heterocycles. The zero-order valence-corrected chi connectivity index (χ0v) is 19.8. The Morgan fingerprint density at radius 2 is 2.00 bits per heavy atom. The first kappa shape index (κ1) is 26.1. The van der Waals surface area contributed by atoms with Crippen molar-refractivity contribution in [3.8, 4) is 22.9 Å². The number of para-hydroxylation sites is 1. The summed E-state index contributed by atoms with van der Waals surface area (Å²) < 4.78 is 51.0. The molecule has 35 heavy (non-hydrogen) atoms. The van der Waals surface area contributed by atoms with Crippen LogP contribution in [-0.4, -0.2) is 40.0 Å². The number of nitrogens with zero attached hydrogens (tertiary/aromatic N) is 2. The molecule has 7 nitrogen and oxygen atoms in total. The lowest BCUT2D eigenvalue weighted by Gasteiger charge is -2.17. The van der Waals surface area contributed by atoms with Crippen LogP contribution in [-0.2, 0) is 23.8 Å². The van der Waals surface area contributed by atoms with Gasteiger partial charge in [-0.2, -0.15) is 18.3 Å². The van der Waals surface area contributed by atoms with Crippen molar-refractivity contribution in [1.29, 1.82) is 0 Å². The third kappa shape index (κ3) is 6.32. The quantitative estimate of drug-likeness (QED) is 0.337. The van der Waals surface area contributed by atoms with E-state index >= 15 is 0 Å². The van der Waals surface area contributed by atoms with Crippen molar-refractivity contribution in [3.05, 3.63) is 58.9 Å². The summed E-state index contributed by atoms with van der Waals surface area (Å²) in [6.07, 6.45) is -0.454. The number of rotatable bonds is 11. The number of H-pyrrole nitrogens is 1. The third-order valence-electron chi connectivity index (χ3n) is 5.80. The number of aryl methyl sites for hydroxylation is 1.